The van der Waals surface area contributed by atoms with Crippen LogP contribution in [-0.4, -0.2) is 11.4 Å². The summed E-state index contributed by atoms with van der Waals surface area (Å²) < 4.78 is 14.5. The third-order valence-corrected chi connectivity index (χ3v) is 15.9. The average molecular weight is 811 g/mol. The predicted octanol–water partition coefficient (Wildman–Crippen LogP) is 14.6. The Bertz CT molecular complexity index is 4090. The molecule has 6 heteroatoms. The van der Waals surface area contributed by atoms with Gasteiger partial charge in [-0.2, -0.15) is 0 Å². The van der Waals surface area contributed by atoms with Crippen molar-refractivity contribution in [3.8, 4) is 27.9 Å². The van der Waals surface area contributed by atoms with Crippen molar-refractivity contribution < 1.29 is 4.42 Å². The second-order valence-corrected chi connectivity index (χ2v) is 19.0. The molecule has 13 aromatic rings. The van der Waals surface area contributed by atoms with Crippen molar-refractivity contribution in [2.24, 2.45) is 0 Å². The minimum absolute atomic E-state index is 0.0802. The third kappa shape index (κ3) is 4.19. The van der Waals surface area contributed by atoms with Gasteiger partial charge in [0, 0.05) is 84.5 Å². The Morgan fingerprint density at radius 2 is 1.21 bits per heavy atom. The molecule has 0 N–H and O–H groups in total. The molecular formula is C55H31BN2OS2. The second-order valence-electron chi connectivity index (χ2n) is 16.8. The molecule has 0 radical (unpaired) electrons. The van der Waals surface area contributed by atoms with Crippen LogP contribution in [0.2, 0.25) is 0 Å². The molecule has 61 heavy (non-hydrogen) atoms. The van der Waals surface area contributed by atoms with E-state index in [0.29, 0.717) is 0 Å². The Labute approximate surface area is 358 Å². The lowest BCUT2D eigenvalue weighted by atomic mass is 9.43. The Balaban J connectivity index is 1.17. The van der Waals surface area contributed by atoms with Crippen molar-refractivity contribution in [3.05, 3.63) is 175 Å². The number of aromatic nitrogens is 1. The lowest BCUT2D eigenvalue weighted by molar-refractivity contribution is 0.669. The highest BCUT2D eigenvalue weighted by Gasteiger charge is 2.45. The monoisotopic (exact) mass is 810 g/mol. The highest BCUT2D eigenvalue weighted by Crippen LogP contribution is 2.53. The van der Waals surface area contributed by atoms with Gasteiger partial charge in [-0.05, 0) is 113 Å². The lowest BCUT2D eigenvalue weighted by Gasteiger charge is -2.42. The van der Waals surface area contributed by atoms with E-state index in [1.165, 1.54) is 112 Å². The fourth-order valence-electron chi connectivity index (χ4n) is 11.1. The first-order chi connectivity index (χ1) is 30.2. The SMILES string of the molecule is Cc1ccc(N2B3c4cc5sc6ccccc6c5cc4-n4c5ccccc5c5c(-c6ccc7c(c6)oc6ccccc67)cc(c3c54)-c3c2ccc2sc4ccccc4c32)cc1. The Hall–Kier alpha value is -7.12. The van der Waals surface area contributed by atoms with Crippen LogP contribution in [0, 0.1) is 6.92 Å². The van der Waals surface area contributed by atoms with Crippen LogP contribution in [0.3, 0.4) is 0 Å². The average Bonchev–Trinajstić information content (AvgIpc) is 4.07. The molecule has 0 spiro atoms. The maximum Gasteiger partial charge on any atom is 0.333 e. The van der Waals surface area contributed by atoms with Crippen LogP contribution in [0.5, 0.6) is 0 Å². The summed E-state index contributed by atoms with van der Waals surface area (Å²) in [4.78, 5) is 2.67. The summed E-state index contributed by atoms with van der Waals surface area (Å²) in [6.07, 6.45) is 0. The number of benzene rings is 9. The summed E-state index contributed by atoms with van der Waals surface area (Å²) in [7, 11) is 0. The fraction of sp³-hybridized carbons (Fsp3) is 0.0182. The molecule has 2 aliphatic heterocycles. The van der Waals surface area contributed by atoms with E-state index in [4.69, 9.17) is 4.42 Å². The van der Waals surface area contributed by atoms with E-state index < -0.39 is 0 Å². The number of furan rings is 1. The summed E-state index contributed by atoms with van der Waals surface area (Å²) >= 11 is 3.80. The van der Waals surface area contributed by atoms with E-state index in [2.05, 4.69) is 186 Å². The van der Waals surface area contributed by atoms with E-state index in [1.807, 2.05) is 22.7 Å². The molecule has 0 aliphatic carbocycles. The minimum Gasteiger partial charge on any atom is -0.456 e. The normalized spacial score (nSPS) is 13.3. The summed E-state index contributed by atoms with van der Waals surface area (Å²) in [6, 6.07) is 63.7. The van der Waals surface area contributed by atoms with Crippen molar-refractivity contribution in [1.82, 2.24) is 4.57 Å². The van der Waals surface area contributed by atoms with Gasteiger partial charge in [-0.25, -0.2) is 0 Å². The highest BCUT2D eigenvalue weighted by atomic mass is 32.1. The molecule has 6 heterocycles. The lowest BCUT2D eigenvalue weighted by Crippen LogP contribution is -2.60. The summed E-state index contributed by atoms with van der Waals surface area (Å²) in [6.45, 7) is 2.10. The fourth-order valence-corrected chi connectivity index (χ4v) is 13.3. The topological polar surface area (TPSA) is 21.3 Å². The summed E-state index contributed by atoms with van der Waals surface area (Å²) in [5, 5.41) is 10.1. The van der Waals surface area contributed by atoms with Crippen LogP contribution >= 0.6 is 22.7 Å². The number of anilines is 2. The molecule has 3 nitrogen and oxygen atoms in total. The van der Waals surface area contributed by atoms with Gasteiger partial charge >= 0.3 is 6.85 Å². The quantitative estimate of drug-likeness (QED) is 0.162. The molecular weight excluding hydrogens is 780 g/mol. The first kappa shape index (κ1) is 32.7. The number of para-hydroxylation sites is 2. The van der Waals surface area contributed by atoms with Crippen molar-refractivity contribution in [2.45, 2.75) is 6.92 Å². The van der Waals surface area contributed by atoms with Gasteiger partial charge < -0.3 is 13.8 Å². The number of hydrogen-bond acceptors (Lipinski definition) is 4. The number of thiophene rings is 2. The number of nitrogens with zero attached hydrogens (tertiary/aromatic N) is 2. The van der Waals surface area contributed by atoms with E-state index in [0.717, 1.165) is 27.5 Å². The molecule has 2 aliphatic rings. The van der Waals surface area contributed by atoms with Gasteiger partial charge in [0.1, 0.15) is 11.2 Å². The molecule has 9 aromatic carbocycles. The largest absolute Gasteiger partial charge is 0.456 e. The molecule has 282 valence electrons. The predicted molar refractivity (Wildman–Crippen MR) is 263 cm³/mol. The van der Waals surface area contributed by atoms with Crippen LogP contribution in [0.25, 0.3) is 112 Å². The van der Waals surface area contributed by atoms with E-state index >= 15 is 0 Å². The van der Waals surface area contributed by atoms with Crippen LogP contribution in [0.4, 0.5) is 11.4 Å². The van der Waals surface area contributed by atoms with Crippen LogP contribution < -0.4 is 15.7 Å². The van der Waals surface area contributed by atoms with Gasteiger partial charge in [0.05, 0.1) is 11.0 Å². The molecule has 4 aromatic heterocycles. The number of rotatable bonds is 2. The smallest absolute Gasteiger partial charge is 0.333 e. The van der Waals surface area contributed by atoms with Gasteiger partial charge in [0.2, 0.25) is 0 Å². The molecule has 0 amide bonds. The Kier molecular flexibility index (Phi) is 6.21. The zero-order valence-corrected chi connectivity index (χ0v) is 34.5. The van der Waals surface area contributed by atoms with Gasteiger partial charge in [0.25, 0.3) is 0 Å². The molecule has 0 atom stereocenters. The first-order valence-electron chi connectivity index (χ1n) is 20.9. The van der Waals surface area contributed by atoms with E-state index in [9.17, 15) is 0 Å². The third-order valence-electron chi connectivity index (χ3n) is 13.6. The zero-order chi connectivity index (χ0) is 39.7. The van der Waals surface area contributed by atoms with Gasteiger partial charge in [-0.3, -0.25) is 0 Å². The van der Waals surface area contributed by atoms with Gasteiger partial charge in [-0.15, -0.1) is 22.7 Å². The van der Waals surface area contributed by atoms with Crippen molar-refractivity contribution in [2.75, 3.05) is 4.81 Å². The number of hydrogen-bond donors (Lipinski definition) is 0. The molecule has 0 unspecified atom stereocenters. The first-order valence-corrected chi connectivity index (χ1v) is 22.6. The summed E-state index contributed by atoms with van der Waals surface area (Å²) in [5.41, 5.74) is 17.0. The van der Waals surface area contributed by atoms with Crippen LogP contribution in [0.15, 0.2) is 174 Å². The van der Waals surface area contributed by atoms with Crippen molar-refractivity contribution >= 4 is 136 Å². The van der Waals surface area contributed by atoms with E-state index in [-0.39, 0.29) is 6.85 Å². The van der Waals surface area contributed by atoms with E-state index in [1.54, 1.807) is 0 Å². The molecule has 15 rings (SSSR count). The maximum atomic E-state index is 6.59. The molecule has 0 saturated heterocycles. The molecule has 0 fully saturated rings. The maximum absolute atomic E-state index is 6.59. The number of aryl methyl sites for hydroxylation is 1. The summed E-state index contributed by atoms with van der Waals surface area (Å²) in [5.74, 6) is 0. The van der Waals surface area contributed by atoms with Gasteiger partial charge in [0.15, 0.2) is 0 Å². The van der Waals surface area contributed by atoms with Gasteiger partial charge in [-0.1, -0.05) is 96.6 Å². The Morgan fingerprint density at radius 1 is 0.492 bits per heavy atom. The second kappa shape index (κ2) is 11.6. The standard InChI is InChI=1S/C55H31BN2OS2/c1-30-18-21-32(22-19-30)58-43-24-25-49-53(37-13-5-9-17-48(37)60-49)52(43)40-27-38(31-20-23-34-33-10-3-7-15-45(33)59-46(34)26-31)51-36-12-2-6-14-42(36)57-44-28-39-35-11-4-8-16-47(35)61-50(39)29-41(44)56(58)54(40)55(51)57/h2-29H,1H3. The Morgan fingerprint density at radius 3 is 2.08 bits per heavy atom. The van der Waals surface area contributed by atoms with Crippen molar-refractivity contribution in [3.63, 3.8) is 0 Å². The molecule has 0 saturated carbocycles. The van der Waals surface area contributed by atoms with Crippen LogP contribution in [0.1, 0.15) is 5.56 Å². The highest BCUT2D eigenvalue weighted by molar-refractivity contribution is 7.26. The number of fused-ring (bicyclic) bond motifs is 18. The molecule has 0 bridgehead atoms. The van der Waals surface area contributed by atoms with Crippen molar-refractivity contribution in [1.29, 1.82) is 0 Å². The zero-order valence-electron chi connectivity index (χ0n) is 32.9. The minimum atomic E-state index is -0.0802. The van der Waals surface area contributed by atoms with Crippen LogP contribution in [-0.2, 0) is 0 Å².